The molecule has 3 N–H and O–H groups in total. The monoisotopic (exact) mass is 241 g/mol. The smallest absolute Gasteiger partial charge is 0.161 e. The fourth-order valence-electron chi connectivity index (χ4n) is 1.15. The molecule has 0 aliphatic heterocycles. The van der Waals surface area contributed by atoms with Gasteiger partial charge in [0, 0.05) is 5.56 Å². The Balaban J connectivity index is 2.89. The number of hydrogen-bond donors (Lipinski definition) is 2. The van der Waals surface area contributed by atoms with Crippen LogP contribution in [0.2, 0.25) is 0 Å². The highest BCUT2D eigenvalue weighted by Gasteiger charge is 2.08. The maximum absolute atomic E-state index is 9.11. The molecule has 0 radical (unpaired) electrons. The zero-order valence-electron chi connectivity index (χ0n) is 9.27. The molecule has 0 aromatic heterocycles. The number of methoxy groups -OCH3 is 1. The van der Waals surface area contributed by atoms with Crippen LogP contribution >= 0.6 is 12.2 Å². The second-order valence-corrected chi connectivity index (χ2v) is 3.83. The molecule has 5 heteroatoms. The molecule has 4 nitrogen and oxygen atoms in total. The van der Waals surface area contributed by atoms with Crippen molar-refractivity contribution in [1.29, 1.82) is 0 Å². The summed E-state index contributed by atoms with van der Waals surface area (Å²) in [5.74, 6) is 1.11. The molecule has 0 fully saturated rings. The molecule has 16 heavy (non-hydrogen) atoms. The third kappa shape index (κ3) is 3.36. The van der Waals surface area contributed by atoms with Crippen LogP contribution < -0.4 is 15.2 Å². The number of aliphatic hydroxyl groups is 1. The van der Waals surface area contributed by atoms with Crippen LogP contribution in [0.25, 0.3) is 0 Å². The molecule has 0 heterocycles. The van der Waals surface area contributed by atoms with Crippen LogP contribution in [0.4, 0.5) is 0 Å². The Morgan fingerprint density at radius 3 is 2.69 bits per heavy atom. The molecular weight excluding hydrogens is 226 g/mol. The highest BCUT2D eigenvalue weighted by atomic mass is 32.1. The largest absolute Gasteiger partial charge is 0.493 e. The highest BCUT2D eigenvalue weighted by Crippen LogP contribution is 2.28. The lowest BCUT2D eigenvalue weighted by atomic mass is 10.2. The van der Waals surface area contributed by atoms with E-state index in [0.29, 0.717) is 16.5 Å². The summed E-state index contributed by atoms with van der Waals surface area (Å²) in [4.78, 5) is 0.306. The summed E-state index contributed by atoms with van der Waals surface area (Å²) in [6.07, 6.45) is -0.528. The molecule has 1 unspecified atom stereocenters. The van der Waals surface area contributed by atoms with Gasteiger partial charge < -0.3 is 20.3 Å². The Bertz CT molecular complexity index is 379. The molecule has 1 rings (SSSR count). The van der Waals surface area contributed by atoms with Gasteiger partial charge in [-0.1, -0.05) is 12.2 Å². The molecular formula is C11H15NO3S. The van der Waals surface area contributed by atoms with Gasteiger partial charge in [-0.15, -0.1) is 0 Å². The van der Waals surface area contributed by atoms with Gasteiger partial charge in [-0.05, 0) is 25.1 Å². The molecule has 1 aromatic carbocycles. The lowest BCUT2D eigenvalue weighted by Gasteiger charge is -2.12. The predicted octanol–water partition coefficient (Wildman–Crippen LogP) is 1.09. The third-order valence-electron chi connectivity index (χ3n) is 1.93. The van der Waals surface area contributed by atoms with Crippen molar-refractivity contribution in [2.75, 3.05) is 13.7 Å². The van der Waals surface area contributed by atoms with E-state index in [1.54, 1.807) is 25.1 Å². The summed E-state index contributed by atoms with van der Waals surface area (Å²) < 4.78 is 10.5. The van der Waals surface area contributed by atoms with E-state index in [4.69, 9.17) is 32.5 Å². The van der Waals surface area contributed by atoms with Gasteiger partial charge in [0.05, 0.1) is 13.2 Å². The molecule has 0 aliphatic rings. The van der Waals surface area contributed by atoms with E-state index in [-0.39, 0.29) is 6.61 Å². The summed E-state index contributed by atoms with van der Waals surface area (Å²) in [5.41, 5.74) is 6.22. The van der Waals surface area contributed by atoms with Crippen LogP contribution in [-0.4, -0.2) is 29.9 Å². The topological polar surface area (TPSA) is 64.7 Å². The van der Waals surface area contributed by atoms with Crippen LogP contribution in [0, 0.1) is 0 Å². The first-order valence-electron chi connectivity index (χ1n) is 4.83. The average Bonchev–Trinajstić information content (AvgIpc) is 2.25. The number of aliphatic hydroxyl groups excluding tert-OH is 1. The first-order valence-corrected chi connectivity index (χ1v) is 5.24. The van der Waals surface area contributed by atoms with Crippen molar-refractivity contribution in [2.45, 2.75) is 13.0 Å². The van der Waals surface area contributed by atoms with Crippen molar-refractivity contribution in [3.63, 3.8) is 0 Å². The van der Waals surface area contributed by atoms with Gasteiger partial charge >= 0.3 is 0 Å². The van der Waals surface area contributed by atoms with E-state index in [9.17, 15) is 0 Å². The zero-order valence-corrected chi connectivity index (χ0v) is 10.1. The summed E-state index contributed by atoms with van der Waals surface area (Å²) in [6.45, 7) is 1.86. The lowest BCUT2D eigenvalue weighted by molar-refractivity contribution is 0.120. The predicted molar refractivity (Wildman–Crippen MR) is 66.1 cm³/mol. The average molecular weight is 241 g/mol. The Hall–Kier alpha value is -1.33. The van der Waals surface area contributed by atoms with E-state index in [0.717, 1.165) is 5.56 Å². The van der Waals surface area contributed by atoms with E-state index in [2.05, 4.69) is 0 Å². The molecule has 0 saturated carbocycles. The minimum absolute atomic E-state index is 0.211. The van der Waals surface area contributed by atoms with Crippen LogP contribution in [-0.2, 0) is 0 Å². The molecule has 0 bridgehead atoms. The normalized spacial score (nSPS) is 11.9. The molecule has 0 saturated heterocycles. The van der Waals surface area contributed by atoms with Crippen molar-refractivity contribution >= 4 is 17.2 Å². The highest BCUT2D eigenvalue weighted by molar-refractivity contribution is 7.80. The van der Waals surface area contributed by atoms with Gasteiger partial charge in [0.15, 0.2) is 11.5 Å². The molecule has 0 aliphatic carbocycles. The van der Waals surface area contributed by atoms with Gasteiger partial charge in [-0.2, -0.15) is 0 Å². The van der Waals surface area contributed by atoms with E-state index in [1.807, 2.05) is 0 Å². The second-order valence-electron chi connectivity index (χ2n) is 3.39. The number of ether oxygens (including phenoxy) is 2. The standard InChI is InChI=1S/C11H15NO3S/c1-7(13)6-15-9-4-3-8(11(12)16)5-10(9)14-2/h3-5,7,13H,6H2,1-2H3,(H2,12,16). The van der Waals surface area contributed by atoms with Crippen molar-refractivity contribution < 1.29 is 14.6 Å². The van der Waals surface area contributed by atoms with Crippen LogP contribution in [0.3, 0.4) is 0 Å². The first-order chi connectivity index (χ1) is 7.54. The molecule has 0 amide bonds. The number of hydrogen-bond acceptors (Lipinski definition) is 4. The summed E-state index contributed by atoms with van der Waals surface area (Å²) in [6, 6.07) is 5.18. The molecule has 1 aromatic rings. The molecule has 0 spiro atoms. The summed E-state index contributed by atoms with van der Waals surface area (Å²) in [7, 11) is 1.54. The Morgan fingerprint density at radius 2 is 2.19 bits per heavy atom. The number of thiocarbonyl (C=S) groups is 1. The van der Waals surface area contributed by atoms with Crippen molar-refractivity contribution in [2.24, 2.45) is 5.73 Å². The second kappa shape index (κ2) is 5.67. The lowest BCUT2D eigenvalue weighted by Crippen LogP contribution is -2.14. The van der Waals surface area contributed by atoms with E-state index in [1.165, 1.54) is 7.11 Å². The SMILES string of the molecule is COc1cc(C(N)=S)ccc1OCC(C)O. The maximum atomic E-state index is 9.11. The minimum atomic E-state index is -0.528. The van der Waals surface area contributed by atoms with E-state index < -0.39 is 6.10 Å². The zero-order chi connectivity index (χ0) is 12.1. The van der Waals surface area contributed by atoms with Gasteiger partial charge in [-0.3, -0.25) is 0 Å². The van der Waals surface area contributed by atoms with Crippen LogP contribution in [0.5, 0.6) is 11.5 Å². The third-order valence-corrected chi connectivity index (χ3v) is 2.16. The van der Waals surface area contributed by atoms with Gasteiger partial charge in [-0.25, -0.2) is 0 Å². The quantitative estimate of drug-likeness (QED) is 0.755. The minimum Gasteiger partial charge on any atom is -0.493 e. The molecule has 1 atom stereocenters. The van der Waals surface area contributed by atoms with Crippen molar-refractivity contribution in [3.05, 3.63) is 23.8 Å². The van der Waals surface area contributed by atoms with Crippen molar-refractivity contribution in [3.8, 4) is 11.5 Å². The van der Waals surface area contributed by atoms with E-state index >= 15 is 0 Å². The van der Waals surface area contributed by atoms with Crippen LogP contribution in [0.1, 0.15) is 12.5 Å². The van der Waals surface area contributed by atoms with Crippen LogP contribution in [0.15, 0.2) is 18.2 Å². The van der Waals surface area contributed by atoms with Crippen molar-refractivity contribution in [1.82, 2.24) is 0 Å². The number of benzene rings is 1. The maximum Gasteiger partial charge on any atom is 0.161 e. The summed E-state index contributed by atoms with van der Waals surface area (Å²) in [5, 5.41) is 9.11. The first kappa shape index (κ1) is 12.7. The Morgan fingerprint density at radius 1 is 1.50 bits per heavy atom. The fraction of sp³-hybridized carbons (Fsp3) is 0.364. The van der Waals surface area contributed by atoms with Gasteiger partial charge in [0.1, 0.15) is 11.6 Å². The number of nitrogens with two attached hydrogens (primary N) is 1. The van der Waals surface area contributed by atoms with Gasteiger partial charge in [0.25, 0.3) is 0 Å². The molecule has 88 valence electrons. The fourth-order valence-corrected chi connectivity index (χ4v) is 1.28. The van der Waals surface area contributed by atoms with Gasteiger partial charge in [0.2, 0.25) is 0 Å². The summed E-state index contributed by atoms with van der Waals surface area (Å²) >= 11 is 4.86. The Labute approximate surface area is 100.0 Å². The number of rotatable bonds is 5. The Kier molecular flexibility index (Phi) is 4.52.